The first kappa shape index (κ1) is 18.6. The summed E-state index contributed by atoms with van der Waals surface area (Å²) in [7, 11) is 1.71. The van der Waals surface area contributed by atoms with E-state index in [1.807, 2.05) is 12.1 Å². The number of ether oxygens (including phenoxy) is 1. The van der Waals surface area contributed by atoms with Crippen molar-refractivity contribution in [2.24, 2.45) is 0 Å². The van der Waals surface area contributed by atoms with E-state index in [0.29, 0.717) is 18.7 Å². The largest absolute Gasteiger partial charge is 0.422 e. The molecule has 6 heteroatoms. The first-order chi connectivity index (χ1) is 12.5. The minimum Gasteiger partial charge on any atom is -0.422 e. The molecule has 0 N–H and O–H groups in total. The summed E-state index contributed by atoms with van der Waals surface area (Å²) in [6.45, 7) is 7.11. The van der Waals surface area contributed by atoms with Gasteiger partial charge in [-0.15, -0.1) is 0 Å². The van der Waals surface area contributed by atoms with Crippen molar-refractivity contribution < 1.29 is 13.9 Å². The minimum atomic E-state index is -0.573. The second-order valence-corrected chi connectivity index (χ2v) is 6.98. The molecule has 0 radical (unpaired) electrons. The fourth-order valence-corrected chi connectivity index (χ4v) is 3.74. The molecule has 1 saturated heterocycles. The molecule has 1 aliphatic rings. The molecule has 26 heavy (non-hydrogen) atoms. The summed E-state index contributed by atoms with van der Waals surface area (Å²) in [5, 5.41) is 0.759. The van der Waals surface area contributed by atoms with E-state index in [-0.39, 0.29) is 23.6 Å². The van der Waals surface area contributed by atoms with Gasteiger partial charge >= 0.3 is 5.63 Å². The van der Waals surface area contributed by atoms with Crippen LogP contribution in [0, 0.1) is 0 Å². The van der Waals surface area contributed by atoms with Crippen LogP contribution in [0.15, 0.2) is 39.5 Å². The summed E-state index contributed by atoms with van der Waals surface area (Å²) in [5.41, 5.74) is 0.0335. The summed E-state index contributed by atoms with van der Waals surface area (Å²) < 4.78 is 10.5. The van der Waals surface area contributed by atoms with E-state index in [1.165, 1.54) is 0 Å². The Morgan fingerprint density at radius 3 is 2.62 bits per heavy atom. The maximum atomic E-state index is 12.9. The van der Waals surface area contributed by atoms with E-state index in [9.17, 15) is 9.59 Å². The SMILES string of the molecule is COCCCN1C(C)CN(C(=O)c2cc3ccccc3oc2=O)CC1C. The van der Waals surface area contributed by atoms with Crippen LogP contribution in [0.4, 0.5) is 0 Å². The van der Waals surface area contributed by atoms with Crippen molar-refractivity contribution in [1.29, 1.82) is 0 Å². The van der Waals surface area contributed by atoms with Gasteiger partial charge in [0.1, 0.15) is 11.1 Å². The molecule has 6 nitrogen and oxygen atoms in total. The number of rotatable bonds is 5. The van der Waals surface area contributed by atoms with Gasteiger partial charge in [-0.25, -0.2) is 4.79 Å². The van der Waals surface area contributed by atoms with E-state index in [2.05, 4.69) is 18.7 Å². The van der Waals surface area contributed by atoms with Crippen LogP contribution in [0.5, 0.6) is 0 Å². The maximum absolute atomic E-state index is 12.9. The summed E-state index contributed by atoms with van der Waals surface area (Å²) in [6.07, 6.45) is 0.966. The minimum absolute atomic E-state index is 0.107. The zero-order valence-electron chi connectivity index (χ0n) is 15.6. The molecular formula is C20H26N2O4. The van der Waals surface area contributed by atoms with Gasteiger partial charge in [0.2, 0.25) is 0 Å². The zero-order chi connectivity index (χ0) is 18.7. The van der Waals surface area contributed by atoms with Crippen molar-refractivity contribution in [2.75, 3.05) is 33.4 Å². The van der Waals surface area contributed by atoms with Crippen LogP contribution in [0.2, 0.25) is 0 Å². The Kier molecular flexibility index (Phi) is 5.74. The normalized spacial score (nSPS) is 21.3. The lowest BCUT2D eigenvalue weighted by molar-refractivity contribution is 0.0268. The van der Waals surface area contributed by atoms with Crippen LogP contribution < -0.4 is 5.63 Å². The number of carbonyl (C=O) groups excluding carboxylic acids is 1. The highest BCUT2D eigenvalue weighted by Gasteiger charge is 2.32. The van der Waals surface area contributed by atoms with Crippen molar-refractivity contribution in [3.63, 3.8) is 0 Å². The van der Waals surface area contributed by atoms with E-state index in [1.54, 1.807) is 30.2 Å². The summed E-state index contributed by atoms with van der Waals surface area (Å²) in [5.74, 6) is -0.250. The van der Waals surface area contributed by atoms with Crippen LogP contribution in [0.1, 0.15) is 30.6 Å². The van der Waals surface area contributed by atoms with Crippen molar-refractivity contribution in [3.05, 3.63) is 46.3 Å². The Morgan fingerprint density at radius 1 is 1.23 bits per heavy atom. The van der Waals surface area contributed by atoms with Crippen molar-refractivity contribution in [3.8, 4) is 0 Å². The third kappa shape index (κ3) is 3.81. The van der Waals surface area contributed by atoms with Gasteiger partial charge in [-0.3, -0.25) is 9.69 Å². The average molecular weight is 358 g/mol. The van der Waals surface area contributed by atoms with Crippen LogP contribution in [-0.4, -0.2) is 61.1 Å². The molecule has 1 aliphatic heterocycles. The van der Waals surface area contributed by atoms with Gasteiger partial charge in [0.15, 0.2) is 0 Å². The molecule has 140 valence electrons. The van der Waals surface area contributed by atoms with Crippen LogP contribution in [-0.2, 0) is 4.74 Å². The molecule has 2 heterocycles. The summed E-state index contributed by atoms with van der Waals surface area (Å²) in [4.78, 5) is 29.4. The highest BCUT2D eigenvalue weighted by Crippen LogP contribution is 2.19. The van der Waals surface area contributed by atoms with E-state index in [4.69, 9.17) is 9.15 Å². The van der Waals surface area contributed by atoms with Crippen molar-refractivity contribution >= 4 is 16.9 Å². The molecule has 1 amide bonds. The molecule has 1 aromatic carbocycles. The fraction of sp³-hybridized carbons (Fsp3) is 0.500. The molecule has 0 aliphatic carbocycles. The number of piperazine rings is 1. The molecule has 2 atom stereocenters. The van der Waals surface area contributed by atoms with E-state index < -0.39 is 5.63 Å². The van der Waals surface area contributed by atoms with Gasteiger partial charge in [0.25, 0.3) is 5.91 Å². The lowest BCUT2D eigenvalue weighted by Crippen LogP contribution is -2.58. The molecule has 1 fully saturated rings. The number of amides is 1. The van der Waals surface area contributed by atoms with Crippen LogP contribution in [0.25, 0.3) is 11.0 Å². The van der Waals surface area contributed by atoms with Gasteiger partial charge in [-0.2, -0.15) is 0 Å². The number of hydrogen-bond acceptors (Lipinski definition) is 5. The molecule has 0 saturated carbocycles. The monoisotopic (exact) mass is 358 g/mol. The van der Waals surface area contributed by atoms with Gasteiger partial charge in [-0.05, 0) is 32.4 Å². The van der Waals surface area contributed by atoms with E-state index in [0.717, 1.165) is 25.0 Å². The first-order valence-electron chi connectivity index (χ1n) is 9.08. The number of fused-ring (bicyclic) bond motifs is 1. The molecule has 1 aromatic heterocycles. The van der Waals surface area contributed by atoms with Crippen molar-refractivity contribution in [2.45, 2.75) is 32.4 Å². The lowest BCUT2D eigenvalue weighted by atomic mass is 10.1. The molecule has 0 spiro atoms. The molecule has 0 bridgehead atoms. The maximum Gasteiger partial charge on any atom is 0.349 e. The number of carbonyl (C=O) groups is 1. The number of para-hydroxylation sites is 1. The zero-order valence-corrected chi connectivity index (χ0v) is 15.6. The van der Waals surface area contributed by atoms with Gasteiger partial charge in [0, 0.05) is 50.8 Å². The number of benzene rings is 1. The lowest BCUT2D eigenvalue weighted by Gasteiger charge is -2.44. The summed E-state index contributed by atoms with van der Waals surface area (Å²) >= 11 is 0. The van der Waals surface area contributed by atoms with E-state index >= 15 is 0 Å². The van der Waals surface area contributed by atoms with Gasteiger partial charge in [-0.1, -0.05) is 18.2 Å². The smallest absolute Gasteiger partial charge is 0.349 e. The Bertz CT molecular complexity index is 820. The first-order valence-corrected chi connectivity index (χ1v) is 9.08. The van der Waals surface area contributed by atoms with Crippen molar-refractivity contribution in [1.82, 2.24) is 9.80 Å². The predicted octanol–water partition coefficient (Wildman–Crippen LogP) is 2.36. The third-order valence-corrected chi connectivity index (χ3v) is 5.03. The molecule has 3 rings (SSSR count). The predicted molar refractivity (Wildman–Crippen MR) is 101 cm³/mol. The average Bonchev–Trinajstić information content (AvgIpc) is 2.62. The quantitative estimate of drug-likeness (QED) is 0.606. The number of methoxy groups -OCH3 is 1. The Balaban J connectivity index is 1.77. The number of nitrogens with zero attached hydrogens (tertiary/aromatic N) is 2. The standard InChI is InChI=1S/C20H26N2O4/c1-14-12-21(13-15(2)22(14)9-6-10-25-3)19(23)17-11-16-7-4-5-8-18(16)26-20(17)24/h4-5,7-8,11,14-15H,6,9-10,12-13H2,1-3H3. The summed E-state index contributed by atoms with van der Waals surface area (Å²) in [6, 6.07) is 9.34. The topological polar surface area (TPSA) is 63.0 Å². The van der Waals surface area contributed by atoms with Crippen LogP contribution >= 0.6 is 0 Å². The molecule has 2 aromatic rings. The third-order valence-electron chi connectivity index (χ3n) is 5.03. The highest BCUT2D eigenvalue weighted by atomic mass is 16.5. The Morgan fingerprint density at radius 2 is 1.92 bits per heavy atom. The Hall–Kier alpha value is -2.18. The Labute approximate surface area is 153 Å². The van der Waals surface area contributed by atoms with Crippen LogP contribution in [0.3, 0.4) is 0 Å². The fourth-order valence-electron chi connectivity index (χ4n) is 3.74. The second-order valence-electron chi connectivity index (χ2n) is 6.98. The second kappa shape index (κ2) is 8.01. The highest BCUT2D eigenvalue weighted by molar-refractivity contribution is 5.96. The van der Waals surface area contributed by atoms with Gasteiger partial charge in [0.05, 0.1) is 0 Å². The van der Waals surface area contributed by atoms with Gasteiger partial charge < -0.3 is 14.1 Å². The molecule has 2 unspecified atom stereocenters. The number of hydrogen-bond donors (Lipinski definition) is 0. The molecular weight excluding hydrogens is 332 g/mol.